The van der Waals surface area contributed by atoms with E-state index in [2.05, 4.69) is 69.5 Å². The van der Waals surface area contributed by atoms with Gasteiger partial charge < -0.3 is 4.57 Å². The van der Waals surface area contributed by atoms with Crippen LogP contribution in [0.3, 0.4) is 0 Å². The molecule has 0 atom stereocenters. The third-order valence-electron chi connectivity index (χ3n) is 2.77. The lowest BCUT2D eigenvalue weighted by Gasteiger charge is -1.96. The molecule has 0 aliphatic heterocycles. The normalized spacial score (nSPS) is 11.3. The van der Waals surface area contributed by atoms with E-state index in [1.54, 1.807) is 0 Å². The average Bonchev–Trinajstić information content (AvgIpc) is 2.54. The molecule has 0 saturated carbocycles. The van der Waals surface area contributed by atoms with Crippen LogP contribution in [-0.2, 0) is 7.05 Å². The molecule has 15 heavy (non-hydrogen) atoms. The molecule has 0 bridgehead atoms. The minimum atomic E-state index is 1.04. The summed E-state index contributed by atoms with van der Waals surface area (Å²) in [5.41, 5.74) is 2.45. The van der Waals surface area contributed by atoms with E-state index in [1.807, 2.05) is 6.20 Å². The first-order valence-electron chi connectivity index (χ1n) is 4.76. The Bertz CT molecular complexity index is 655. The summed E-state index contributed by atoms with van der Waals surface area (Å²) in [6.45, 7) is 0. The standard InChI is InChI=1S/C12H9IN2/c1-15-10-5-3-2-4-8(10)9-6-12(13)14-7-11(9)15/h2-7H,1H3. The number of nitrogens with zero attached hydrogens (tertiary/aromatic N) is 2. The predicted octanol–water partition coefficient (Wildman–Crippen LogP) is 3.33. The smallest absolute Gasteiger partial charge is 0.102 e. The molecule has 2 nitrogen and oxygen atoms in total. The molecular formula is C12H9IN2. The Morgan fingerprint density at radius 2 is 1.93 bits per heavy atom. The van der Waals surface area contributed by atoms with Gasteiger partial charge in [-0.1, -0.05) is 18.2 Å². The van der Waals surface area contributed by atoms with Crippen LogP contribution >= 0.6 is 22.6 Å². The Morgan fingerprint density at radius 1 is 1.13 bits per heavy atom. The van der Waals surface area contributed by atoms with Gasteiger partial charge in [-0.25, -0.2) is 4.98 Å². The highest BCUT2D eigenvalue weighted by molar-refractivity contribution is 14.1. The van der Waals surface area contributed by atoms with Crippen molar-refractivity contribution in [3.8, 4) is 0 Å². The highest BCUT2D eigenvalue weighted by Gasteiger charge is 2.07. The van der Waals surface area contributed by atoms with Gasteiger partial charge in [0.1, 0.15) is 3.70 Å². The zero-order valence-electron chi connectivity index (χ0n) is 8.24. The van der Waals surface area contributed by atoms with Crippen LogP contribution in [0.25, 0.3) is 21.8 Å². The second-order valence-electron chi connectivity index (χ2n) is 3.60. The molecule has 3 rings (SSSR count). The Kier molecular flexibility index (Phi) is 1.95. The van der Waals surface area contributed by atoms with Crippen molar-refractivity contribution in [3.05, 3.63) is 40.2 Å². The molecular weight excluding hydrogens is 299 g/mol. The van der Waals surface area contributed by atoms with Crippen LogP contribution in [0.15, 0.2) is 36.5 Å². The Balaban J connectivity index is 2.64. The Labute approximate surface area is 101 Å². The molecule has 0 saturated heterocycles. The van der Waals surface area contributed by atoms with Crippen LogP contribution in [-0.4, -0.2) is 9.55 Å². The summed E-state index contributed by atoms with van der Waals surface area (Å²) in [7, 11) is 2.08. The molecule has 0 aliphatic carbocycles. The number of aryl methyl sites for hydroxylation is 1. The second kappa shape index (κ2) is 3.20. The van der Waals surface area contributed by atoms with E-state index in [9.17, 15) is 0 Å². The molecule has 2 heterocycles. The van der Waals surface area contributed by atoms with Gasteiger partial charge in [0.25, 0.3) is 0 Å². The summed E-state index contributed by atoms with van der Waals surface area (Å²) in [6, 6.07) is 10.6. The number of pyridine rings is 1. The van der Waals surface area contributed by atoms with Gasteiger partial charge in [0.2, 0.25) is 0 Å². The van der Waals surface area contributed by atoms with Crippen LogP contribution in [0.4, 0.5) is 0 Å². The van der Waals surface area contributed by atoms with E-state index in [1.165, 1.54) is 21.8 Å². The summed E-state index contributed by atoms with van der Waals surface area (Å²) in [5, 5.41) is 2.59. The zero-order chi connectivity index (χ0) is 10.4. The lowest BCUT2D eigenvalue weighted by molar-refractivity contribution is 1.01. The third kappa shape index (κ3) is 1.26. The van der Waals surface area contributed by atoms with Gasteiger partial charge in [0, 0.05) is 23.3 Å². The largest absolute Gasteiger partial charge is 0.342 e. The number of hydrogen-bond acceptors (Lipinski definition) is 1. The van der Waals surface area contributed by atoms with Crippen molar-refractivity contribution in [1.29, 1.82) is 0 Å². The quantitative estimate of drug-likeness (QED) is 0.460. The number of rotatable bonds is 0. The van der Waals surface area contributed by atoms with Crippen molar-refractivity contribution >= 4 is 44.4 Å². The van der Waals surface area contributed by atoms with Crippen molar-refractivity contribution in [2.75, 3.05) is 0 Å². The lowest BCUT2D eigenvalue weighted by atomic mass is 10.2. The van der Waals surface area contributed by atoms with E-state index >= 15 is 0 Å². The molecule has 0 aliphatic rings. The minimum Gasteiger partial charge on any atom is -0.342 e. The van der Waals surface area contributed by atoms with E-state index in [0.29, 0.717) is 0 Å². The molecule has 3 aromatic rings. The molecule has 0 N–H and O–H groups in total. The van der Waals surface area contributed by atoms with Crippen LogP contribution < -0.4 is 0 Å². The number of benzene rings is 1. The van der Waals surface area contributed by atoms with E-state index in [0.717, 1.165) is 3.70 Å². The fourth-order valence-corrected chi connectivity index (χ4v) is 2.48. The summed E-state index contributed by atoms with van der Waals surface area (Å²) >= 11 is 2.25. The van der Waals surface area contributed by atoms with Gasteiger partial charge in [-0.3, -0.25) is 0 Å². The maximum atomic E-state index is 4.33. The maximum Gasteiger partial charge on any atom is 0.102 e. The summed E-state index contributed by atoms with van der Waals surface area (Å²) in [4.78, 5) is 4.33. The number of fused-ring (bicyclic) bond motifs is 3. The SMILES string of the molecule is Cn1c2ccccc2c2cc(I)ncc21. The highest BCUT2D eigenvalue weighted by Crippen LogP contribution is 2.27. The molecule has 3 heteroatoms. The maximum absolute atomic E-state index is 4.33. The number of para-hydroxylation sites is 1. The zero-order valence-corrected chi connectivity index (χ0v) is 10.4. The average molecular weight is 308 g/mol. The monoisotopic (exact) mass is 308 g/mol. The fourth-order valence-electron chi connectivity index (χ4n) is 2.03. The van der Waals surface area contributed by atoms with Crippen molar-refractivity contribution < 1.29 is 0 Å². The summed E-state index contributed by atoms with van der Waals surface area (Å²) in [6.07, 6.45) is 1.94. The molecule has 2 aromatic heterocycles. The number of hydrogen-bond donors (Lipinski definition) is 0. The van der Waals surface area contributed by atoms with Gasteiger partial charge in [-0.05, 0) is 34.7 Å². The third-order valence-corrected chi connectivity index (χ3v) is 3.36. The summed E-state index contributed by atoms with van der Waals surface area (Å²) in [5.74, 6) is 0. The second-order valence-corrected chi connectivity index (χ2v) is 4.71. The van der Waals surface area contributed by atoms with Crippen LogP contribution in [0, 0.1) is 3.70 Å². The number of halogens is 1. The molecule has 0 radical (unpaired) electrons. The highest BCUT2D eigenvalue weighted by atomic mass is 127. The van der Waals surface area contributed by atoms with Crippen molar-refractivity contribution in [3.63, 3.8) is 0 Å². The van der Waals surface area contributed by atoms with Crippen LogP contribution in [0.1, 0.15) is 0 Å². The topological polar surface area (TPSA) is 17.8 Å². The van der Waals surface area contributed by atoms with E-state index in [-0.39, 0.29) is 0 Å². The van der Waals surface area contributed by atoms with E-state index in [4.69, 9.17) is 0 Å². The van der Waals surface area contributed by atoms with Gasteiger partial charge in [-0.2, -0.15) is 0 Å². The van der Waals surface area contributed by atoms with Crippen LogP contribution in [0.5, 0.6) is 0 Å². The summed E-state index contributed by atoms with van der Waals surface area (Å²) < 4.78 is 3.23. The molecule has 74 valence electrons. The minimum absolute atomic E-state index is 1.04. The molecule has 1 aromatic carbocycles. The molecule has 0 fully saturated rings. The molecule has 0 unspecified atom stereocenters. The first-order valence-corrected chi connectivity index (χ1v) is 5.84. The van der Waals surface area contributed by atoms with Gasteiger partial charge in [0.15, 0.2) is 0 Å². The number of aromatic nitrogens is 2. The first-order chi connectivity index (χ1) is 7.27. The first kappa shape index (κ1) is 9.15. The van der Waals surface area contributed by atoms with Gasteiger partial charge in [-0.15, -0.1) is 0 Å². The Hall–Kier alpha value is -1.10. The van der Waals surface area contributed by atoms with E-state index < -0.39 is 0 Å². The fraction of sp³-hybridized carbons (Fsp3) is 0.0833. The van der Waals surface area contributed by atoms with Crippen LogP contribution in [0.2, 0.25) is 0 Å². The van der Waals surface area contributed by atoms with Crippen molar-refractivity contribution in [2.24, 2.45) is 7.05 Å². The lowest BCUT2D eigenvalue weighted by Crippen LogP contribution is -1.87. The molecule has 0 amide bonds. The van der Waals surface area contributed by atoms with Gasteiger partial charge >= 0.3 is 0 Å². The Morgan fingerprint density at radius 3 is 2.80 bits per heavy atom. The molecule has 0 spiro atoms. The van der Waals surface area contributed by atoms with Crippen molar-refractivity contribution in [2.45, 2.75) is 0 Å². The van der Waals surface area contributed by atoms with Gasteiger partial charge in [0.05, 0.1) is 11.7 Å². The predicted molar refractivity (Wildman–Crippen MR) is 70.9 cm³/mol. The van der Waals surface area contributed by atoms with Crippen molar-refractivity contribution in [1.82, 2.24) is 9.55 Å².